The van der Waals surface area contributed by atoms with Crippen LogP contribution in [0, 0.1) is 0 Å². The molecule has 0 saturated carbocycles. The van der Waals surface area contributed by atoms with Gasteiger partial charge in [-0.05, 0) is 24.6 Å². The molecule has 0 saturated heterocycles. The van der Waals surface area contributed by atoms with Gasteiger partial charge in [0.05, 0.1) is 10.7 Å². The molecule has 0 bridgehead atoms. The fourth-order valence-corrected chi connectivity index (χ4v) is 2.48. The van der Waals surface area contributed by atoms with E-state index in [-0.39, 0.29) is 0 Å². The first-order valence-corrected chi connectivity index (χ1v) is 8.10. The first kappa shape index (κ1) is 15.8. The topological polar surface area (TPSA) is 12.0 Å². The number of unbranched alkanes of at least 4 members (excludes halogenated alkanes) is 6. The average Bonchev–Trinajstić information content (AvgIpc) is 2.36. The Kier molecular flexibility index (Phi) is 8.53. The van der Waals surface area contributed by atoms with Crippen molar-refractivity contribution in [3.63, 3.8) is 0 Å². The van der Waals surface area contributed by atoms with Crippen LogP contribution < -0.4 is 5.32 Å². The smallest absolute Gasteiger partial charge is 0.0638 e. The molecule has 0 atom stereocenters. The lowest BCUT2D eigenvalue weighted by atomic mass is 10.1. The number of benzene rings is 1. The summed E-state index contributed by atoms with van der Waals surface area (Å²) in [6, 6.07) is 5.91. The van der Waals surface area contributed by atoms with Crippen LogP contribution in [-0.4, -0.2) is 6.54 Å². The predicted octanol–water partition coefficient (Wildman–Crippen LogP) is 6.27. The Morgan fingerprint density at radius 1 is 1.06 bits per heavy atom. The highest BCUT2D eigenvalue weighted by atomic mass is 79.9. The molecule has 0 heterocycles. The second-order valence-electron chi connectivity index (χ2n) is 4.67. The number of halogens is 2. The van der Waals surface area contributed by atoms with Crippen molar-refractivity contribution in [2.45, 2.75) is 51.9 Å². The molecule has 1 N–H and O–H groups in total. The van der Waals surface area contributed by atoms with Crippen LogP contribution in [0.15, 0.2) is 22.7 Å². The number of anilines is 1. The minimum absolute atomic E-state index is 0.793. The Balaban J connectivity index is 2.09. The first-order valence-electron chi connectivity index (χ1n) is 6.93. The van der Waals surface area contributed by atoms with Gasteiger partial charge in [-0.2, -0.15) is 0 Å². The maximum Gasteiger partial charge on any atom is 0.0638 e. The Morgan fingerprint density at radius 3 is 2.44 bits per heavy atom. The number of hydrogen-bond donors (Lipinski definition) is 1. The minimum atomic E-state index is 0.793. The van der Waals surface area contributed by atoms with Gasteiger partial charge in [0, 0.05) is 11.0 Å². The van der Waals surface area contributed by atoms with E-state index in [1.807, 2.05) is 18.2 Å². The normalized spacial score (nSPS) is 10.6. The van der Waals surface area contributed by atoms with Crippen molar-refractivity contribution in [1.82, 2.24) is 0 Å². The van der Waals surface area contributed by atoms with E-state index >= 15 is 0 Å². The van der Waals surface area contributed by atoms with Gasteiger partial charge >= 0.3 is 0 Å². The summed E-state index contributed by atoms with van der Waals surface area (Å²) in [5.74, 6) is 0. The van der Waals surface area contributed by atoms with Crippen LogP contribution in [0.4, 0.5) is 5.69 Å². The lowest BCUT2D eigenvalue weighted by Crippen LogP contribution is -2.01. The summed E-state index contributed by atoms with van der Waals surface area (Å²) in [4.78, 5) is 0. The van der Waals surface area contributed by atoms with Crippen LogP contribution in [-0.2, 0) is 0 Å². The van der Waals surface area contributed by atoms with Gasteiger partial charge < -0.3 is 5.32 Å². The van der Waals surface area contributed by atoms with Crippen molar-refractivity contribution in [2.75, 3.05) is 11.9 Å². The zero-order valence-electron chi connectivity index (χ0n) is 11.1. The number of rotatable bonds is 9. The van der Waals surface area contributed by atoms with E-state index in [0.717, 1.165) is 21.7 Å². The molecule has 1 aromatic rings. The quantitative estimate of drug-likeness (QED) is 0.526. The molecule has 3 heteroatoms. The van der Waals surface area contributed by atoms with E-state index in [2.05, 4.69) is 28.2 Å². The Bertz CT molecular complexity index is 341. The molecule has 0 aliphatic heterocycles. The molecule has 102 valence electrons. The molecule has 0 spiro atoms. The van der Waals surface area contributed by atoms with Crippen molar-refractivity contribution in [2.24, 2.45) is 0 Å². The van der Waals surface area contributed by atoms with Gasteiger partial charge in [-0.3, -0.25) is 0 Å². The van der Waals surface area contributed by atoms with Crippen LogP contribution in [0.5, 0.6) is 0 Å². The standard InChI is InChI=1S/C15H23BrClN/c1-2-3-4-5-6-7-8-11-18-15-12-13(16)9-10-14(15)17/h9-10,12,18H,2-8,11H2,1H3. The van der Waals surface area contributed by atoms with Crippen LogP contribution in [0.2, 0.25) is 5.02 Å². The van der Waals surface area contributed by atoms with Gasteiger partial charge in [0.15, 0.2) is 0 Å². The largest absolute Gasteiger partial charge is 0.384 e. The second-order valence-corrected chi connectivity index (χ2v) is 6.00. The third kappa shape index (κ3) is 6.65. The van der Waals surface area contributed by atoms with Gasteiger partial charge in [0.2, 0.25) is 0 Å². The summed E-state index contributed by atoms with van der Waals surface area (Å²) < 4.78 is 1.06. The summed E-state index contributed by atoms with van der Waals surface area (Å²) in [6.07, 6.45) is 9.35. The van der Waals surface area contributed by atoms with Gasteiger partial charge in [0.1, 0.15) is 0 Å². The van der Waals surface area contributed by atoms with E-state index in [0.29, 0.717) is 0 Å². The van der Waals surface area contributed by atoms with Crippen molar-refractivity contribution in [3.05, 3.63) is 27.7 Å². The highest BCUT2D eigenvalue weighted by Crippen LogP contribution is 2.25. The molecule has 0 amide bonds. The molecular weight excluding hydrogens is 310 g/mol. The molecule has 0 radical (unpaired) electrons. The molecule has 0 aromatic heterocycles. The monoisotopic (exact) mass is 331 g/mol. The van der Waals surface area contributed by atoms with E-state index in [9.17, 15) is 0 Å². The average molecular weight is 333 g/mol. The highest BCUT2D eigenvalue weighted by Gasteiger charge is 1.99. The van der Waals surface area contributed by atoms with Gasteiger partial charge in [-0.1, -0.05) is 73.0 Å². The SMILES string of the molecule is CCCCCCCCCNc1cc(Br)ccc1Cl. The highest BCUT2D eigenvalue weighted by molar-refractivity contribution is 9.10. The summed E-state index contributed by atoms with van der Waals surface area (Å²) in [6.45, 7) is 3.26. The van der Waals surface area contributed by atoms with Crippen LogP contribution in [0.25, 0.3) is 0 Å². The maximum atomic E-state index is 6.11. The molecule has 1 nitrogen and oxygen atoms in total. The summed E-state index contributed by atoms with van der Waals surface area (Å²) in [5.41, 5.74) is 1.03. The Morgan fingerprint density at radius 2 is 1.72 bits per heavy atom. The summed E-state index contributed by atoms with van der Waals surface area (Å²) in [5, 5.41) is 4.19. The Labute approximate surface area is 124 Å². The third-order valence-electron chi connectivity index (χ3n) is 3.02. The predicted molar refractivity (Wildman–Crippen MR) is 85.6 cm³/mol. The van der Waals surface area contributed by atoms with Crippen molar-refractivity contribution >= 4 is 33.2 Å². The maximum absolute atomic E-state index is 6.11. The zero-order chi connectivity index (χ0) is 13.2. The van der Waals surface area contributed by atoms with Gasteiger partial charge in [-0.15, -0.1) is 0 Å². The van der Waals surface area contributed by atoms with E-state index in [1.165, 1.54) is 44.9 Å². The van der Waals surface area contributed by atoms with Gasteiger partial charge in [0.25, 0.3) is 0 Å². The van der Waals surface area contributed by atoms with Gasteiger partial charge in [-0.25, -0.2) is 0 Å². The second kappa shape index (κ2) is 9.69. The lowest BCUT2D eigenvalue weighted by Gasteiger charge is -2.08. The van der Waals surface area contributed by atoms with Crippen LogP contribution in [0.1, 0.15) is 51.9 Å². The fourth-order valence-electron chi connectivity index (χ4n) is 1.94. The van der Waals surface area contributed by atoms with Crippen molar-refractivity contribution < 1.29 is 0 Å². The molecule has 1 rings (SSSR count). The first-order chi connectivity index (χ1) is 8.74. The molecule has 18 heavy (non-hydrogen) atoms. The molecule has 0 fully saturated rings. The molecule has 0 aliphatic carbocycles. The lowest BCUT2D eigenvalue weighted by molar-refractivity contribution is 0.596. The van der Waals surface area contributed by atoms with E-state index in [1.54, 1.807) is 0 Å². The summed E-state index contributed by atoms with van der Waals surface area (Å²) in [7, 11) is 0. The fraction of sp³-hybridized carbons (Fsp3) is 0.600. The zero-order valence-corrected chi connectivity index (χ0v) is 13.5. The Hall–Kier alpha value is -0.210. The third-order valence-corrected chi connectivity index (χ3v) is 3.85. The van der Waals surface area contributed by atoms with Crippen LogP contribution in [0.3, 0.4) is 0 Å². The van der Waals surface area contributed by atoms with Crippen molar-refractivity contribution in [3.8, 4) is 0 Å². The molecule has 0 unspecified atom stereocenters. The van der Waals surface area contributed by atoms with E-state index < -0.39 is 0 Å². The number of hydrogen-bond acceptors (Lipinski definition) is 1. The van der Waals surface area contributed by atoms with E-state index in [4.69, 9.17) is 11.6 Å². The molecular formula is C15H23BrClN. The molecule has 1 aromatic carbocycles. The summed E-state index contributed by atoms with van der Waals surface area (Å²) >= 11 is 9.57. The van der Waals surface area contributed by atoms with Crippen LogP contribution >= 0.6 is 27.5 Å². The molecule has 0 aliphatic rings. The minimum Gasteiger partial charge on any atom is -0.384 e. The number of nitrogens with one attached hydrogen (secondary N) is 1. The van der Waals surface area contributed by atoms with Crippen molar-refractivity contribution in [1.29, 1.82) is 0 Å².